The minimum atomic E-state index is -0.562. The van der Waals surface area contributed by atoms with Crippen LogP contribution in [0.15, 0.2) is 43.0 Å². The number of carbonyl (C=O) groups excluding carboxylic acids is 1. The number of nitrogens with zero attached hydrogens (tertiary/aromatic N) is 2. The minimum Gasteiger partial charge on any atom is -0.481 e. The molecule has 4 heteroatoms. The molecule has 0 bridgehead atoms. The molecule has 20 heavy (non-hydrogen) atoms. The zero-order valence-electron chi connectivity index (χ0n) is 12.3. The third-order valence-electron chi connectivity index (χ3n) is 3.11. The van der Waals surface area contributed by atoms with Crippen molar-refractivity contribution in [2.45, 2.75) is 39.2 Å². The van der Waals surface area contributed by atoms with Crippen molar-refractivity contribution in [2.24, 2.45) is 0 Å². The van der Waals surface area contributed by atoms with E-state index in [0.29, 0.717) is 0 Å². The zero-order chi connectivity index (χ0) is 14.8. The lowest BCUT2D eigenvalue weighted by Crippen LogP contribution is -2.29. The third-order valence-corrected chi connectivity index (χ3v) is 3.11. The van der Waals surface area contributed by atoms with Crippen LogP contribution in [-0.2, 0) is 5.41 Å². The number of hydrogen-bond donors (Lipinski definition) is 0. The first kappa shape index (κ1) is 14.3. The smallest absolute Gasteiger partial charge is 0.272 e. The van der Waals surface area contributed by atoms with Gasteiger partial charge in [0.25, 0.3) is 5.91 Å². The highest BCUT2D eigenvalue weighted by molar-refractivity contribution is 5.83. The summed E-state index contributed by atoms with van der Waals surface area (Å²) in [5.41, 5.74) is 1.05. The van der Waals surface area contributed by atoms with Crippen molar-refractivity contribution in [2.75, 3.05) is 0 Å². The summed E-state index contributed by atoms with van der Waals surface area (Å²) in [6, 6.07) is 7.83. The summed E-state index contributed by atoms with van der Waals surface area (Å²) in [7, 11) is 0. The largest absolute Gasteiger partial charge is 0.481 e. The number of rotatable bonds is 3. The first-order valence-corrected chi connectivity index (χ1v) is 6.68. The van der Waals surface area contributed by atoms with Gasteiger partial charge in [-0.1, -0.05) is 39.0 Å². The maximum Gasteiger partial charge on any atom is 0.272 e. The Morgan fingerprint density at radius 3 is 2.60 bits per heavy atom. The molecule has 0 radical (unpaired) electrons. The van der Waals surface area contributed by atoms with Crippen LogP contribution in [0, 0.1) is 0 Å². The van der Waals surface area contributed by atoms with Crippen LogP contribution in [0.5, 0.6) is 5.75 Å². The van der Waals surface area contributed by atoms with Gasteiger partial charge in [-0.15, -0.1) is 0 Å². The molecule has 0 amide bonds. The summed E-state index contributed by atoms with van der Waals surface area (Å²) in [6.07, 6.45) is 4.12. The van der Waals surface area contributed by atoms with Crippen molar-refractivity contribution in [3.63, 3.8) is 0 Å². The zero-order valence-corrected chi connectivity index (χ0v) is 12.3. The van der Waals surface area contributed by atoms with Gasteiger partial charge in [0.05, 0.1) is 0 Å². The van der Waals surface area contributed by atoms with Gasteiger partial charge in [-0.2, -0.15) is 0 Å². The molecule has 4 nitrogen and oxygen atoms in total. The van der Waals surface area contributed by atoms with Gasteiger partial charge in [-0.05, 0) is 24.0 Å². The fraction of sp³-hybridized carbons (Fsp3) is 0.375. The van der Waals surface area contributed by atoms with Crippen LogP contribution in [0.3, 0.4) is 0 Å². The van der Waals surface area contributed by atoms with Gasteiger partial charge >= 0.3 is 0 Å². The molecule has 0 aliphatic heterocycles. The van der Waals surface area contributed by atoms with E-state index in [4.69, 9.17) is 4.74 Å². The van der Waals surface area contributed by atoms with E-state index in [1.54, 1.807) is 19.3 Å². The Morgan fingerprint density at radius 1 is 1.30 bits per heavy atom. The first-order valence-electron chi connectivity index (χ1n) is 6.68. The Kier molecular flexibility index (Phi) is 3.93. The predicted molar refractivity (Wildman–Crippen MR) is 78.1 cm³/mol. The summed E-state index contributed by atoms with van der Waals surface area (Å²) in [4.78, 5) is 16.0. The molecule has 0 saturated heterocycles. The van der Waals surface area contributed by atoms with Crippen molar-refractivity contribution < 1.29 is 9.53 Å². The monoisotopic (exact) mass is 272 g/mol. The van der Waals surface area contributed by atoms with Crippen LogP contribution in [0.25, 0.3) is 0 Å². The van der Waals surface area contributed by atoms with E-state index in [-0.39, 0.29) is 11.3 Å². The number of para-hydroxylation sites is 1. The maximum absolute atomic E-state index is 12.2. The van der Waals surface area contributed by atoms with Gasteiger partial charge in [-0.25, -0.2) is 4.98 Å². The Balaban J connectivity index is 2.20. The highest BCUT2D eigenvalue weighted by atomic mass is 16.5. The normalized spacial score (nSPS) is 13.0. The summed E-state index contributed by atoms with van der Waals surface area (Å²) in [6.45, 7) is 8.12. The maximum atomic E-state index is 12.2. The number of benzene rings is 1. The molecule has 1 atom stereocenters. The van der Waals surface area contributed by atoms with E-state index in [0.717, 1.165) is 11.3 Å². The topological polar surface area (TPSA) is 44.1 Å². The fourth-order valence-electron chi connectivity index (χ4n) is 2.03. The molecule has 0 aliphatic carbocycles. The Hall–Kier alpha value is -2.10. The molecule has 106 valence electrons. The van der Waals surface area contributed by atoms with Crippen LogP contribution in [0.2, 0.25) is 0 Å². The molecular weight excluding hydrogens is 252 g/mol. The number of imidazole rings is 1. The average Bonchev–Trinajstić information content (AvgIpc) is 2.91. The van der Waals surface area contributed by atoms with E-state index in [9.17, 15) is 4.79 Å². The van der Waals surface area contributed by atoms with Gasteiger partial charge in [0, 0.05) is 12.4 Å². The van der Waals surface area contributed by atoms with Crippen LogP contribution >= 0.6 is 0 Å². The standard InChI is InChI=1S/C16H20N2O2/c1-12(15(19)18-10-9-17-11-18)20-14-8-6-5-7-13(14)16(2,3)4/h5-12H,1-4H3. The van der Waals surface area contributed by atoms with Crippen molar-refractivity contribution >= 4 is 5.91 Å². The van der Waals surface area contributed by atoms with E-state index in [1.165, 1.54) is 10.9 Å². The lowest BCUT2D eigenvalue weighted by molar-refractivity contribution is 0.0724. The minimum absolute atomic E-state index is 0.0334. The number of aromatic nitrogens is 2. The molecule has 1 heterocycles. The highest BCUT2D eigenvalue weighted by Gasteiger charge is 2.22. The lowest BCUT2D eigenvalue weighted by atomic mass is 9.86. The van der Waals surface area contributed by atoms with Crippen LogP contribution in [0.4, 0.5) is 0 Å². The van der Waals surface area contributed by atoms with Gasteiger partial charge in [0.1, 0.15) is 12.1 Å². The second-order valence-corrected chi connectivity index (χ2v) is 5.81. The first-order chi connectivity index (χ1) is 9.39. The molecule has 2 rings (SSSR count). The summed E-state index contributed by atoms with van der Waals surface area (Å²) >= 11 is 0. The van der Waals surface area contributed by atoms with E-state index in [2.05, 4.69) is 25.8 Å². The molecular formula is C16H20N2O2. The number of hydrogen-bond acceptors (Lipinski definition) is 3. The lowest BCUT2D eigenvalue weighted by Gasteiger charge is -2.24. The molecule has 0 N–H and O–H groups in total. The molecule has 0 aliphatic rings. The van der Waals surface area contributed by atoms with E-state index >= 15 is 0 Å². The average molecular weight is 272 g/mol. The van der Waals surface area contributed by atoms with Crippen LogP contribution in [0.1, 0.15) is 38.1 Å². The second-order valence-electron chi connectivity index (χ2n) is 5.81. The molecule has 0 spiro atoms. The molecule has 1 aromatic carbocycles. The predicted octanol–water partition coefficient (Wildman–Crippen LogP) is 3.29. The van der Waals surface area contributed by atoms with Gasteiger partial charge in [-0.3, -0.25) is 9.36 Å². The molecule has 0 saturated carbocycles. The molecule has 1 aromatic heterocycles. The summed E-state index contributed by atoms with van der Waals surface area (Å²) < 4.78 is 7.29. The molecule has 0 fully saturated rings. The molecule has 1 unspecified atom stereocenters. The van der Waals surface area contributed by atoms with Crippen molar-refractivity contribution in [1.29, 1.82) is 0 Å². The number of ether oxygens (including phenoxy) is 1. The Morgan fingerprint density at radius 2 is 2.00 bits per heavy atom. The second kappa shape index (κ2) is 5.49. The third kappa shape index (κ3) is 3.07. The highest BCUT2D eigenvalue weighted by Crippen LogP contribution is 2.31. The summed E-state index contributed by atoms with van der Waals surface area (Å²) in [5.74, 6) is 0.618. The Bertz CT molecular complexity index is 583. The quantitative estimate of drug-likeness (QED) is 0.861. The van der Waals surface area contributed by atoms with Gasteiger partial charge < -0.3 is 4.74 Å². The van der Waals surface area contributed by atoms with Crippen LogP contribution in [-0.4, -0.2) is 21.6 Å². The van der Waals surface area contributed by atoms with Crippen molar-refractivity contribution in [3.05, 3.63) is 48.5 Å². The fourth-order valence-corrected chi connectivity index (χ4v) is 2.03. The summed E-state index contributed by atoms with van der Waals surface area (Å²) in [5, 5.41) is 0. The van der Waals surface area contributed by atoms with Crippen molar-refractivity contribution in [3.8, 4) is 5.75 Å². The van der Waals surface area contributed by atoms with Crippen LogP contribution < -0.4 is 4.74 Å². The van der Waals surface area contributed by atoms with Gasteiger partial charge in [0.2, 0.25) is 0 Å². The van der Waals surface area contributed by atoms with E-state index < -0.39 is 6.10 Å². The Labute approximate surface area is 119 Å². The van der Waals surface area contributed by atoms with Gasteiger partial charge in [0.15, 0.2) is 6.10 Å². The molecule has 2 aromatic rings. The van der Waals surface area contributed by atoms with E-state index in [1.807, 2.05) is 24.3 Å². The SMILES string of the molecule is CC(Oc1ccccc1C(C)(C)C)C(=O)n1ccnc1. The van der Waals surface area contributed by atoms with Crippen molar-refractivity contribution in [1.82, 2.24) is 9.55 Å². The number of carbonyl (C=O) groups is 1.